The summed E-state index contributed by atoms with van der Waals surface area (Å²) in [5.74, 6) is -0.621. The number of nitrogens with one attached hydrogen (secondary N) is 2. The summed E-state index contributed by atoms with van der Waals surface area (Å²) in [6, 6.07) is 5.64. The van der Waals surface area contributed by atoms with Gasteiger partial charge in [-0.2, -0.15) is 18.3 Å². The zero-order valence-corrected chi connectivity index (χ0v) is 15.0. The highest BCUT2D eigenvalue weighted by molar-refractivity contribution is 5.95. The second kappa shape index (κ2) is 6.96. The Balaban J connectivity index is 1.47. The standard InChI is InChI=1S/C19H19F3N4O2/c20-19(21,22)14-4-2-1-3-12(14)11-5-7-26(8-6-11)18(28)17-13-10-23-16(27)9-15(13)24-25-17/h1-4,11H,5-10H2,(H,23,27)(H,24,25). The van der Waals surface area contributed by atoms with Gasteiger partial charge in [-0.05, 0) is 30.4 Å². The summed E-state index contributed by atoms with van der Waals surface area (Å²) in [5, 5.41) is 9.52. The molecule has 0 aliphatic carbocycles. The van der Waals surface area contributed by atoms with E-state index >= 15 is 0 Å². The minimum Gasteiger partial charge on any atom is -0.352 e. The quantitative estimate of drug-likeness (QED) is 0.825. The maximum Gasteiger partial charge on any atom is 0.416 e. The Kier molecular flexibility index (Phi) is 4.60. The van der Waals surface area contributed by atoms with Crippen molar-refractivity contribution in [3.63, 3.8) is 0 Å². The van der Waals surface area contributed by atoms with E-state index in [-0.39, 0.29) is 36.4 Å². The number of carbonyl (C=O) groups is 2. The van der Waals surface area contributed by atoms with Crippen LogP contribution < -0.4 is 5.32 Å². The van der Waals surface area contributed by atoms with Crippen LogP contribution in [0.4, 0.5) is 13.2 Å². The molecule has 1 saturated heterocycles. The molecule has 148 valence electrons. The maximum absolute atomic E-state index is 13.3. The number of hydrogen-bond donors (Lipinski definition) is 2. The van der Waals surface area contributed by atoms with Crippen molar-refractivity contribution in [2.75, 3.05) is 13.1 Å². The first-order chi connectivity index (χ1) is 13.3. The molecule has 3 heterocycles. The van der Waals surface area contributed by atoms with Crippen LogP contribution in [-0.4, -0.2) is 40.0 Å². The van der Waals surface area contributed by atoms with Gasteiger partial charge in [0.2, 0.25) is 5.91 Å². The molecule has 2 aliphatic rings. The lowest BCUT2D eigenvalue weighted by Crippen LogP contribution is -2.39. The van der Waals surface area contributed by atoms with E-state index in [1.165, 1.54) is 12.1 Å². The topological polar surface area (TPSA) is 78.1 Å². The number of hydrogen-bond acceptors (Lipinski definition) is 3. The highest BCUT2D eigenvalue weighted by Gasteiger charge is 2.36. The molecule has 0 unspecified atom stereocenters. The molecule has 0 bridgehead atoms. The van der Waals surface area contributed by atoms with Crippen molar-refractivity contribution >= 4 is 11.8 Å². The van der Waals surface area contributed by atoms with E-state index in [1.54, 1.807) is 11.0 Å². The van der Waals surface area contributed by atoms with Crippen LogP contribution in [0.2, 0.25) is 0 Å². The molecule has 28 heavy (non-hydrogen) atoms. The summed E-state index contributed by atoms with van der Waals surface area (Å²) in [4.78, 5) is 25.9. The monoisotopic (exact) mass is 392 g/mol. The highest BCUT2D eigenvalue weighted by Crippen LogP contribution is 2.38. The third-order valence-corrected chi connectivity index (χ3v) is 5.44. The van der Waals surface area contributed by atoms with Crippen LogP contribution in [0.5, 0.6) is 0 Å². The van der Waals surface area contributed by atoms with Crippen LogP contribution in [0.25, 0.3) is 0 Å². The van der Waals surface area contributed by atoms with E-state index in [0.29, 0.717) is 42.8 Å². The Morgan fingerprint density at radius 1 is 1.18 bits per heavy atom. The number of benzene rings is 1. The number of nitrogens with zero attached hydrogens (tertiary/aromatic N) is 2. The number of aromatic amines is 1. The molecule has 0 saturated carbocycles. The van der Waals surface area contributed by atoms with Crippen molar-refractivity contribution in [2.24, 2.45) is 0 Å². The number of carbonyl (C=O) groups excluding carboxylic acids is 2. The molecule has 1 aromatic carbocycles. The number of likely N-dealkylation sites (tertiary alicyclic amines) is 1. The first-order valence-corrected chi connectivity index (χ1v) is 9.13. The van der Waals surface area contributed by atoms with E-state index < -0.39 is 11.7 Å². The van der Waals surface area contributed by atoms with Crippen molar-refractivity contribution in [2.45, 2.75) is 37.9 Å². The number of H-pyrrole nitrogens is 1. The molecule has 2 amide bonds. The van der Waals surface area contributed by atoms with Crippen molar-refractivity contribution in [1.82, 2.24) is 20.4 Å². The molecule has 2 N–H and O–H groups in total. The Labute approximate surface area is 159 Å². The number of alkyl halides is 3. The average molecular weight is 392 g/mol. The predicted molar refractivity (Wildman–Crippen MR) is 93.5 cm³/mol. The van der Waals surface area contributed by atoms with Gasteiger partial charge in [0.25, 0.3) is 5.91 Å². The Bertz CT molecular complexity index is 914. The summed E-state index contributed by atoms with van der Waals surface area (Å²) >= 11 is 0. The molecule has 2 aromatic rings. The molecule has 0 radical (unpaired) electrons. The van der Waals surface area contributed by atoms with E-state index in [1.807, 2.05) is 0 Å². The van der Waals surface area contributed by atoms with Crippen LogP contribution in [-0.2, 0) is 23.9 Å². The zero-order valence-electron chi connectivity index (χ0n) is 15.0. The van der Waals surface area contributed by atoms with Crippen LogP contribution in [0, 0.1) is 0 Å². The second-order valence-electron chi connectivity index (χ2n) is 7.13. The highest BCUT2D eigenvalue weighted by atomic mass is 19.4. The molecular formula is C19H19F3N4O2. The first-order valence-electron chi connectivity index (χ1n) is 9.13. The molecular weight excluding hydrogens is 373 g/mol. The van der Waals surface area contributed by atoms with Gasteiger partial charge in [-0.25, -0.2) is 0 Å². The largest absolute Gasteiger partial charge is 0.416 e. The SMILES string of the molecule is O=C1Cc2[nH]nc(C(=O)N3CCC(c4ccccc4C(F)(F)F)CC3)c2CN1. The summed E-state index contributed by atoms with van der Waals surface area (Å²) < 4.78 is 39.8. The lowest BCUT2D eigenvalue weighted by atomic mass is 9.86. The van der Waals surface area contributed by atoms with E-state index in [0.717, 1.165) is 6.07 Å². The lowest BCUT2D eigenvalue weighted by Gasteiger charge is -2.33. The molecule has 1 aromatic heterocycles. The van der Waals surface area contributed by atoms with Gasteiger partial charge in [0.05, 0.1) is 17.7 Å². The second-order valence-corrected chi connectivity index (χ2v) is 7.13. The van der Waals surface area contributed by atoms with Crippen molar-refractivity contribution in [1.29, 1.82) is 0 Å². The fourth-order valence-electron chi connectivity index (χ4n) is 3.98. The van der Waals surface area contributed by atoms with Gasteiger partial charge in [-0.3, -0.25) is 14.7 Å². The lowest BCUT2D eigenvalue weighted by molar-refractivity contribution is -0.138. The molecule has 6 nitrogen and oxygen atoms in total. The summed E-state index contributed by atoms with van der Waals surface area (Å²) in [5.41, 5.74) is 1.30. The summed E-state index contributed by atoms with van der Waals surface area (Å²) in [6.07, 6.45) is -3.31. The van der Waals surface area contributed by atoms with Crippen molar-refractivity contribution < 1.29 is 22.8 Å². The predicted octanol–water partition coefficient (Wildman–Crippen LogP) is 2.62. The molecule has 0 spiro atoms. The Hall–Kier alpha value is -2.84. The number of amides is 2. The van der Waals surface area contributed by atoms with Gasteiger partial charge < -0.3 is 10.2 Å². The van der Waals surface area contributed by atoms with Gasteiger partial charge in [0.15, 0.2) is 5.69 Å². The average Bonchev–Trinajstić information content (AvgIpc) is 3.10. The van der Waals surface area contributed by atoms with Gasteiger partial charge in [0.1, 0.15) is 0 Å². The first kappa shape index (κ1) is 18.5. The fourth-order valence-corrected chi connectivity index (χ4v) is 3.98. The smallest absolute Gasteiger partial charge is 0.352 e. The Morgan fingerprint density at radius 3 is 2.61 bits per heavy atom. The third-order valence-electron chi connectivity index (χ3n) is 5.44. The normalized spacial score (nSPS) is 18.0. The number of aromatic nitrogens is 2. The third kappa shape index (κ3) is 3.36. The van der Waals surface area contributed by atoms with Crippen LogP contribution >= 0.6 is 0 Å². The van der Waals surface area contributed by atoms with Gasteiger partial charge in [-0.15, -0.1) is 0 Å². The van der Waals surface area contributed by atoms with E-state index in [9.17, 15) is 22.8 Å². The number of halogens is 3. The summed E-state index contributed by atoms with van der Waals surface area (Å²) in [6.45, 7) is 0.981. The van der Waals surface area contributed by atoms with Gasteiger partial charge >= 0.3 is 6.18 Å². The minimum atomic E-state index is -4.39. The Morgan fingerprint density at radius 2 is 1.89 bits per heavy atom. The van der Waals surface area contributed by atoms with Crippen LogP contribution in [0.1, 0.15) is 51.6 Å². The van der Waals surface area contributed by atoms with Gasteiger partial charge in [0, 0.05) is 25.2 Å². The maximum atomic E-state index is 13.3. The molecule has 0 atom stereocenters. The zero-order chi connectivity index (χ0) is 19.9. The van der Waals surface area contributed by atoms with Crippen LogP contribution in [0.15, 0.2) is 24.3 Å². The number of piperidine rings is 1. The van der Waals surface area contributed by atoms with Crippen LogP contribution in [0.3, 0.4) is 0 Å². The number of rotatable bonds is 2. The fraction of sp³-hybridized carbons (Fsp3) is 0.421. The molecule has 1 fully saturated rings. The summed E-state index contributed by atoms with van der Waals surface area (Å²) in [7, 11) is 0. The van der Waals surface area contributed by atoms with Crippen molar-refractivity contribution in [3.8, 4) is 0 Å². The van der Waals surface area contributed by atoms with Crippen molar-refractivity contribution in [3.05, 3.63) is 52.3 Å². The number of fused-ring (bicyclic) bond motifs is 1. The van der Waals surface area contributed by atoms with E-state index in [2.05, 4.69) is 15.5 Å². The minimum absolute atomic E-state index is 0.126. The molecule has 4 rings (SSSR count). The van der Waals surface area contributed by atoms with Gasteiger partial charge in [-0.1, -0.05) is 18.2 Å². The van der Waals surface area contributed by atoms with E-state index in [4.69, 9.17) is 0 Å². The molecule has 9 heteroatoms. The molecule has 2 aliphatic heterocycles.